The number of H-pyrrole nitrogens is 1. The summed E-state index contributed by atoms with van der Waals surface area (Å²) >= 11 is 0. The number of urea groups is 1. The van der Waals surface area contributed by atoms with E-state index in [1.54, 1.807) is 26.0 Å². The lowest BCUT2D eigenvalue weighted by Crippen LogP contribution is -2.41. The lowest BCUT2D eigenvalue weighted by atomic mass is 10.1. The molecule has 0 saturated carbocycles. The minimum Gasteiger partial charge on any atom is -0.379 e. The number of rotatable bonds is 5. The molecule has 1 aromatic heterocycles. The number of nitrogens with one attached hydrogen (secondary N) is 2. The van der Waals surface area contributed by atoms with Crippen LogP contribution >= 0.6 is 0 Å². The van der Waals surface area contributed by atoms with Crippen LogP contribution in [0.2, 0.25) is 0 Å². The van der Waals surface area contributed by atoms with E-state index in [1.807, 2.05) is 0 Å². The summed E-state index contributed by atoms with van der Waals surface area (Å²) in [7, 11) is 1.49. The van der Waals surface area contributed by atoms with Gasteiger partial charge in [0.05, 0.1) is 24.5 Å². The Balaban J connectivity index is 1.99. The van der Waals surface area contributed by atoms with Gasteiger partial charge >= 0.3 is 6.03 Å². The van der Waals surface area contributed by atoms with Crippen LogP contribution in [-0.4, -0.2) is 46.6 Å². The molecular weight excluding hydrogens is 327 g/mol. The highest BCUT2D eigenvalue weighted by atomic mass is 19.1. The number of benzene rings is 1. The number of aryl methyl sites for hydroxylation is 1. The van der Waals surface area contributed by atoms with Crippen molar-refractivity contribution in [2.45, 2.75) is 26.0 Å². The van der Waals surface area contributed by atoms with Crippen LogP contribution in [0.25, 0.3) is 11.3 Å². The van der Waals surface area contributed by atoms with Crippen LogP contribution < -0.4 is 5.32 Å². The molecular formula is C17H19FN4O3. The van der Waals surface area contributed by atoms with E-state index in [0.717, 1.165) is 10.5 Å². The van der Waals surface area contributed by atoms with Gasteiger partial charge in [-0.25, -0.2) is 19.1 Å². The lowest BCUT2D eigenvalue weighted by molar-refractivity contribution is -0.129. The number of halogens is 1. The molecule has 3 amide bonds. The Hall–Kier alpha value is -2.74. The Morgan fingerprint density at radius 2 is 2.12 bits per heavy atom. The second-order valence-corrected chi connectivity index (χ2v) is 5.97. The van der Waals surface area contributed by atoms with Crippen LogP contribution in [0.1, 0.15) is 24.4 Å². The molecule has 8 heteroatoms. The number of aromatic nitrogens is 2. The summed E-state index contributed by atoms with van der Waals surface area (Å²) in [6.45, 7) is 3.48. The van der Waals surface area contributed by atoms with E-state index in [9.17, 15) is 14.0 Å². The topological polar surface area (TPSA) is 87.3 Å². The number of hydrogen-bond acceptors (Lipinski definition) is 4. The van der Waals surface area contributed by atoms with Gasteiger partial charge in [-0.2, -0.15) is 0 Å². The van der Waals surface area contributed by atoms with E-state index in [0.29, 0.717) is 17.1 Å². The first kappa shape index (κ1) is 17.1. The molecule has 2 aromatic rings. The average molecular weight is 346 g/mol. The molecule has 25 heavy (non-hydrogen) atoms. The van der Waals surface area contributed by atoms with E-state index >= 15 is 0 Å². The third-order valence-corrected chi connectivity index (χ3v) is 4.26. The molecule has 0 aliphatic carbocycles. The molecule has 0 bridgehead atoms. The second-order valence-electron chi connectivity index (χ2n) is 5.97. The van der Waals surface area contributed by atoms with E-state index in [1.165, 1.54) is 19.4 Å². The van der Waals surface area contributed by atoms with Crippen molar-refractivity contribution in [2.24, 2.45) is 0 Å². The predicted molar refractivity (Wildman–Crippen MR) is 88.2 cm³/mol. The molecule has 2 unspecified atom stereocenters. The summed E-state index contributed by atoms with van der Waals surface area (Å²) in [6.07, 6.45) is 0.992. The first-order valence-electron chi connectivity index (χ1n) is 7.86. The Labute approximate surface area is 144 Å². The fourth-order valence-electron chi connectivity index (χ4n) is 2.86. The van der Waals surface area contributed by atoms with Gasteiger partial charge in [0.1, 0.15) is 17.7 Å². The molecule has 0 spiro atoms. The van der Waals surface area contributed by atoms with Crippen molar-refractivity contribution < 1.29 is 18.7 Å². The highest BCUT2D eigenvalue weighted by Gasteiger charge is 2.40. The lowest BCUT2D eigenvalue weighted by Gasteiger charge is -2.27. The van der Waals surface area contributed by atoms with E-state index in [-0.39, 0.29) is 18.3 Å². The highest BCUT2D eigenvalue weighted by molar-refractivity contribution is 6.02. The summed E-state index contributed by atoms with van der Waals surface area (Å²) in [5, 5.41) is 2.48. The smallest absolute Gasteiger partial charge is 0.325 e. The zero-order valence-electron chi connectivity index (χ0n) is 14.2. The maximum atomic E-state index is 14.2. The number of carbonyl (C=O) groups excluding carboxylic acids is 2. The number of imide groups is 1. The third-order valence-electron chi connectivity index (χ3n) is 4.26. The average Bonchev–Trinajstić information content (AvgIpc) is 3.17. The molecule has 2 heterocycles. The minimum atomic E-state index is -0.734. The molecule has 132 valence electrons. The normalized spacial score (nSPS) is 16.9. The van der Waals surface area contributed by atoms with Crippen molar-refractivity contribution in [1.82, 2.24) is 20.2 Å². The van der Waals surface area contributed by atoms with Gasteiger partial charge in [-0.3, -0.25) is 4.79 Å². The first-order chi connectivity index (χ1) is 11.9. The van der Waals surface area contributed by atoms with Gasteiger partial charge in [0.25, 0.3) is 5.91 Å². The molecule has 0 radical (unpaired) electrons. The van der Waals surface area contributed by atoms with Crippen LogP contribution in [0.4, 0.5) is 9.18 Å². The zero-order valence-corrected chi connectivity index (χ0v) is 14.2. The Morgan fingerprint density at radius 3 is 2.72 bits per heavy atom. The van der Waals surface area contributed by atoms with Crippen LogP contribution in [0.15, 0.2) is 24.4 Å². The first-order valence-corrected chi connectivity index (χ1v) is 7.86. The number of aromatic amines is 1. The van der Waals surface area contributed by atoms with E-state index in [4.69, 9.17) is 4.74 Å². The summed E-state index contributed by atoms with van der Waals surface area (Å²) in [4.78, 5) is 32.5. The molecule has 3 rings (SSSR count). The number of methoxy groups -OCH3 is 1. The molecule has 2 N–H and O–H groups in total. The van der Waals surface area contributed by atoms with Gasteiger partial charge in [-0.15, -0.1) is 0 Å². The van der Waals surface area contributed by atoms with Crippen molar-refractivity contribution >= 4 is 11.9 Å². The number of nitrogens with zero attached hydrogens (tertiary/aromatic N) is 2. The molecule has 1 aromatic carbocycles. The number of hydrogen-bond donors (Lipinski definition) is 2. The molecule has 7 nitrogen and oxygen atoms in total. The zero-order chi connectivity index (χ0) is 18.1. The largest absolute Gasteiger partial charge is 0.379 e. The van der Waals surface area contributed by atoms with Crippen LogP contribution in [-0.2, 0) is 9.53 Å². The van der Waals surface area contributed by atoms with Crippen molar-refractivity contribution in [3.63, 3.8) is 0 Å². The fourth-order valence-corrected chi connectivity index (χ4v) is 2.86. The van der Waals surface area contributed by atoms with Gasteiger partial charge in [0.15, 0.2) is 0 Å². The third kappa shape index (κ3) is 3.12. The van der Waals surface area contributed by atoms with Crippen molar-refractivity contribution in [3.8, 4) is 11.3 Å². The fraction of sp³-hybridized carbons (Fsp3) is 0.353. The molecule has 1 saturated heterocycles. The molecule has 1 aliphatic heterocycles. The predicted octanol–water partition coefficient (Wildman–Crippen LogP) is 2.15. The Morgan fingerprint density at radius 1 is 1.36 bits per heavy atom. The summed E-state index contributed by atoms with van der Waals surface area (Å²) in [5.74, 6) is -0.380. The van der Waals surface area contributed by atoms with Crippen molar-refractivity contribution in [2.75, 3.05) is 13.7 Å². The molecule has 1 aliphatic rings. The van der Waals surface area contributed by atoms with Crippen LogP contribution in [0.5, 0.6) is 0 Å². The van der Waals surface area contributed by atoms with Gasteiger partial charge in [-0.1, -0.05) is 6.07 Å². The quantitative estimate of drug-likeness (QED) is 0.812. The number of carbonyl (C=O) groups is 2. The van der Waals surface area contributed by atoms with Crippen LogP contribution in [0.3, 0.4) is 0 Å². The van der Waals surface area contributed by atoms with Gasteiger partial charge in [-0.05, 0) is 31.5 Å². The second kappa shape index (κ2) is 6.64. The van der Waals surface area contributed by atoms with E-state index in [2.05, 4.69) is 15.3 Å². The van der Waals surface area contributed by atoms with Crippen molar-refractivity contribution in [3.05, 3.63) is 41.6 Å². The summed E-state index contributed by atoms with van der Waals surface area (Å²) < 4.78 is 19.5. The summed E-state index contributed by atoms with van der Waals surface area (Å²) in [5.41, 5.74) is 1.64. The Kier molecular flexibility index (Phi) is 4.54. The standard InChI is InChI=1S/C17H19FN4O3/c1-9-4-5-11(12(18)6-9)13-7-19-16(21-13)15(10(2)25-3)22-14(23)8-20-17(22)24/h4-7,10,15H,8H2,1-3H3,(H,19,21)(H,20,24). The maximum Gasteiger partial charge on any atom is 0.325 e. The summed E-state index contributed by atoms with van der Waals surface area (Å²) in [6, 6.07) is 3.65. The number of amides is 3. The number of imidazole rings is 1. The number of ether oxygens (including phenoxy) is 1. The van der Waals surface area contributed by atoms with Crippen LogP contribution in [0, 0.1) is 12.7 Å². The highest BCUT2D eigenvalue weighted by Crippen LogP contribution is 2.29. The monoisotopic (exact) mass is 346 g/mol. The maximum absolute atomic E-state index is 14.2. The van der Waals surface area contributed by atoms with Gasteiger partial charge in [0.2, 0.25) is 0 Å². The van der Waals surface area contributed by atoms with Gasteiger partial charge in [0, 0.05) is 12.7 Å². The molecule has 2 atom stereocenters. The van der Waals surface area contributed by atoms with Crippen molar-refractivity contribution in [1.29, 1.82) is 0 Å². The van der Waals surface area contributed by atoms with Gasteiger partial charge < -0.3 is 15.0 Å². The SMILES string of the molecule is COC(C)C(c1ncc(-c2ccc(C)cc2F)[nH]1)N1C(=O)CNC1=O. The minimum absolute atomic E-state index is 0.0636. The molecule has 1 fully saturated rings. The Bertz CT molecular complexity index is 804. The van der Waals surface area contributed by atoms with E-state index < -0.39 is 18.2 Å².